The molecule has 1 N–H and O–H groups in total. The average Bonchev–Trinajstić information content (AvgIpc) is 2.57. The quantitative estimate of drug-likeness (QED) is 0.774. The number of ether oxygens (including phenoxy) is 1. The van der Waals surface area contributed by atoms with Crippen LogP contribution in [0.2, 0.25) is 5.02 Å². The number of halogens is 1. The first-order valence-electron chi connectivity index (χ1n) is 5.42. The van der Waals surface area contributed by atoms with Crippen LogP contribution in [0.4, 0.5) is 10.5 Å². The number of carbonyl (C=O) groups excluding carboxylic acids is 1. The number of hydrogen-bond acceptors (Lipinski definition) is 3. The van der Waals surface area contributed by atoms with Crippen molar-refractivity contribution in [2.24, 2.45) is 0 Å². The van der Waals surface area contributed by atoms with E-state index in [2.05, 4.69) is 5.43 Å². The summed E-state index contributed by atoms with van der Waals surface area (Å²) in [6.07, 6.45) is -0.418. The lowest BCUT2D eigenvalue weighted by Gasteiger charge is -2.24. The first kappa shape index (κ1) is 12.2. The van der Waals surface area contributed by atoms with Gasteiger partial charge in [-0.2, -0.15) is 0 Å². The van der Waals surface area contributed by atoms with Gasteiger partial charge in [-0.1, -0.05) is 17.7 Å². The van der Waals surface area contributed by atoms with Crippen molar-refractivity contribution in [3.63, 3.8) is 0 Å². The van der Waals surface area contributed by atoms with E-state index < -0.39 is 11.7 Å². The molecule has 2 rings (SSSR count). The van der Waals surface area contributed by atoms with Crippen molar-refractivity contribution >= 4 is 23.4 Å². The second-order valence-corrected chi connectivity index (χ2v) is 5.36. The van der Waals surface area contributed by atoms with E-state index >= 15 is 0 Å². The van der Waals surface area contributed by atoms with Crippen molar-refractivity contribution < 1.29 is 9.53 Å². The minimum atomic E-state index is -0.514. The van der Waals surface area contributed by atoms with Crippen LogP contribution >= 0.6 is 11.6 Å². The first-order chi connectivity index (χ1) is 7.87. The van der Waals surface area contributed by atoms with Crippen LogP contribution in [0.1, 0.15) is 26.3 Å². The third-order valence-electron chi connectivity index (χ3n) is 2.29. The summed E-state index contributed by atoms with van der Waals surface area (Å²) in [5, 5.41) is 1.99. The Morgan fingerprint density at radius 3 is 2.82 bits per heavy atom. The van der Waals surface area contributed by atoms with Gasteiger partial charge in [0.2, 0.25) is 0 Å². The summed E-state index contributed by atoms with van der Waals surface area (Å²) < 4.78 is 5.30. The summed E-state index contributed by atoms with van der Waals surface area (Å²) in [7, 11) is 0. The molecule has 0 radical (unpaired) electrons. The van der Waals surface area contributed by atoms with Crippen molar-refractivity contribution in [2.45, 2.75) is 32.9 Å². The van der Waals surface area contributed by atoms with Crippen LogP contribution in [0, 0.1) is 0 Å². The van der Waals surface area contributed by atoms with E-state index in [1.54, 1.807) is 12.1 Å². The highest BCUT2D eigenvalue weighted by molar-refractivity contribution is 6.31. The third-order valence-corrected chi connectivity index (χ3v) is 2.53. The van der Waals surface area contributed by atoms with E-state index in [4.69, 9.17) is 16.3 Å². The van der Waals surface area contributed by atoms with Gasteiger partial charge < -0.3 is 4.74 Å². The summed E-state index contributed by atoms with van der Waals surface area (Å²) in [5.74, 6) is 0. The molecule has 0 spiro atoms. The summed E-state index contributed by atoms with van der Waals surface area (Å²) in [5.41, 5.74) is 4.24. The van der Waals surface area contributed by atoms with Gasteiger partial charge in [-0.25, -0.2) is 15.2 Å². The Balaban J connectivity index is 2.22. The summed E-state index contributed by atoms with van der Waals surface area (Å²) >= 11 is 5.92. The Hall–Kier alpha value is -1.26. The molecule has 1 amide bonds. The summed E-state index contributed by atoms with van der Waals surface area (Å²) in [6.45, 7) is 6.10. The largest absolute Gasteiger partial charge is 0.442 e. The maximum atomic E-state index is 11.9. The van der Waals surface area contributed by atoms with Crippen LogP contribution in [0.5, 0.6) is 0 Å². The number of rotatable bonds is 0. The van der Waals surface area contributed by atoms with Crippen molar-refractivity contribution in [3.05, 3.63) is 28.8 Å². The number of hydrazine groups is 1. The molecule has 0 saturated carbocycles. The minimum absolute atomic E-state index is 0.418. The van der Waals surface area contributed by atoms with Gasteiger partial charge in [-0.05, 0) is 38.5 Å². The zero-order valence-corrected chi connectivity index (χ0v) is 10.8. The number of nitrogens with zero attached hydrogens (tertiary/aromatic N) is 1. The first-order valence-corrected chi connectivity index (χ1v) is 5.80. The number of fused-ring (bicyclic) bond motifs is 1. The molecule has 1 aliphatic rings. The van der Waals surface area contributed by atoms with Crippen LogP contribution in [0.15, 0.2) is 18.2 Å². The standard InChI is InChI=1S/C12H15ClN2O2/c1-12(2,3)17-11(16)15-10-6-9(13)5-4-8(10)7-14-15/h4-6,14H,7H2,1-3H3. The van der Waals surface area contributed by atoms with Crippen LogP contribution in [0.3, 0.4) is 0 Å². The summed E-state index contributed by atoms with van der Waals surface area (Å²) in [6, 6.07) is 5.45. The van der Waals surface area contributed by atoms with Crippen LogP contribution in [-0.2, 0) is 11.3 Å². The van der Waals surface area contributed by atoms with Crippen LogP contribution < -0.4 is 10.4 Å². The fraction of sp³-hybridized carbons (Fsp3) is 0.417. The molecule has 0 aliphatic carbocycles. The van der Waals surface area contributed by atoms with E-state index in [1.807, 2.05) is 26.8 Å². The Labute approximate surface area is 105 Å². The molecule has 0 bridgehead atoms. The van der Waals surface area contributed by atoms with E-state index in [1.165, 1.54) is 5.01 Å². The maximum absolute atomic E-state index is 11.9. The molecule has 1 aromatic rings. The molecule has 0 saturated heterocycles. The zero-order chi connectivity index (χ0) is 12.6. The van der Waals surface area contributed by atoms with Crippen molar-refractivity contribution in [1.82, 2.24) is 5.43 Å². The monoisotopic (exact) mass is 254 g/mol. The number of benzene rings is 1. The number of hydrogen-bond donors (Lipinski definition) is 1. The van der Waals surface area contributed by atoms with Gasteiger partial charge in [-0.3, -0.25) is 0 Å². The average molecular weight is 255 g/mol. The number of nitrogens with one attached hydrogen (secondary N) is 1. The highest BCUT2D eigenvalue weighted by atomic mass is 35.5. The highest BCUT2D eigenvalue weighted by Gasteiger charge is 2.28. The highest BCUT2D eigenvalue weighted by Crippen LogP contribution is 2.29. The van der Waals surface area contributed by atoms with Crippen LogP contribution in [0.25, 0.3) is 0 Å². The van der Waals surface area contributed by atoms with Gasteiger partial charge in [0, 0.05) is 11.6 Å². The lowest BCUT2D eigenvalue weighted by molar-refractivity contribution is 0.0565. The second kappa shape index (κ2) is 4.20. The molecule has 0 unspecified atom stereocenters. The molecule has 1 heterocycles. The predicted molar refractivity (Wildman–Crippen MR) is 67.0 cm³/mol. The second-order valence-electron chi connectivity index (χ2n) is 4.92. The molecule has 92 valence electrons. The molecule has 1 aromatic carbocycles. The lowest BCUT2D eigenvalue weighted by Crippen LogP contribution is -2.42. The van der Waals surface area contributed by atoms with Crippen molar-refractivity contribution in [2.75, 3.05) is 5.01 Å². The van der Waals surface area contributed by atoms with Gasteiger partial charge in [-0.15, -0.1) is 0 Å². The number of anilines is 1. The van der Waals surface area contributed by atoms with Crippen molar-refractivity contribution in [1.29, 1.82) is 0 Å². The lowest BCUT2D eigenvalue weighted by atomic mass is 10.2. The SMILES string of the molecule is CC(C)(C)OC(=O)N1NCc2ccc(Cl)cc21. The predicted octanol–water partition coefficient (Wildman–Crippen LogP) is 3.10. The van der Waals surface area contributed by atoms with Crippen LogP contribution in [-0.4, -0.2) is 11.7 Å². The molecule has 0 fully saturated rings. The summed E-state index contributed by atoms with van der Waals surface area (Å²) in [4.78, 5) is 11.9. The maximum Gasteiger partial charge on any atom is 0.429 e. The number of amides is 1. The van der Waals surface area contributed by atoms with Crippen molar-refractivity contribution in [3.8, 4) is 0 Å². The smallest absolute Gasteiger partial charge is 0.429 e. The minimum Gasteiger partial charge on any atom is -0.442 e. The fourth-order valence-corrected chi connectivity index (χ4v) is 1.78. The van der Waals surface area contributed by atoms with E-state index in [0.29, 0.717) is 11.6 Å². The zero-order valence-electron chi connectivity index (χ0n) is 10.1. The Bertz CT molecular complexity index is 454. The van der Waals surface area contributed by atoms with E-state index in [9.17, 15) is 4.79 Å². The van der Waals surface area contributed by atoms with Gasteiger partial charge >= 0.3 is 6.09 Å². The molecule has 1 aliphatic heterocycles. The van der Waals surface area contributed by atoms with Gasteiger partial charge in [0.15, 0.2) is 0 Å². The molecule has 4 nitrogen and oxygen atoms in total. The van der Waals surface area contributed by atoms with E-state index in [0.717, 1.165) is 11.3 Å². The molecular weight excluding hydrogens is 240 g/mol. The number of carbonyl (C=O) groups is 1. The van der Waals surface area contributed by atoms with Gasteiger partial charge in [0.25, 0.3) is 0 Å². The molecule has 0 atom stereocenters. The molecule has 0 aromatic heterocycles. The van der Waals surface area contributed by atoms with E-state index in [-0.39, 0.29) is 0 Å². The fourth-order valence-electron chi connectivity index (χ4n) is 1.61. The Morgan fingerprint density at radius 2 is 2.18 bits per heavy atom. The third kappa shape index (κ3) is 2.70. The Kier molecular flexibility index (Phi) is 3.02. The normalized spacial score (nSPS) is 14.7. The topological polar surface area (TPSA) is 41.6 Å². The molecule has 17 heavy (non-hydrogen) atoms. The molecular formula is C12H15ClN2O2. The van der Waals surface area contributed by atoms with Gasteiger partial charge in [0.1, 0.15) is 5.60 Å². The van der Waals surface area contributed by atoms with Gasteiger partial charge in [0.05, 0.1) is 5.69 Å². The Morgan fingerprint density at radius 1 is 1.47 bits per heavy atom. The molecule has 5 heteroatoms.